The molecule has 3 fully saturated rings. The molecular weight excluding hydrogens is 350 g/mol. The molecule has 2 bridgehead atoms. The predicted octanol–water partition coefficient (Wildman–Crippen LogP) is 3.43. The van der Waals surface area contributed by atoms with E-state index in [1.807, 2.05) is 12.1 Å². The smallest absolute Gasteiger partial charge is 0.137 e. The fraction of sp³-hybridized carbons (Fsp3) is 0.708. The average molecular weight is 384 g/mol. The Morgan fingerprint density at radius 2 is 2.07 bits per heavy atom. The largest absolute Gasteiger partial charge is 0.508 e. The molecule has 4 atom stereocenters. The number of hydrogen-bond acceptors (Lipinski definition) is 4. The first kappa shape index (κ1) is 18.6. The molecule has 0 radical (unpaired) electrons. The Morgan fingerprint density at radius 3 is 2.79 bits per heavy atom. The predicted molar refractivity (Wildman–Crippen MR) is 108 cm³/mol. The van der Waals surface area contributed by atoms with Gasteiger partial charge in [-0.3, -0.25) is 9.69 Å². The van der Waals surface area contributed by atoms with E-state index < -0.39 is 11.0 Å². The van der Waals surface area contributed by atoms with E-state index in [9.17, 15) is 15.0 Å². The first-order valence-electron chi connectivity index (χ1n) is 11.1. The molecule has 1 aromatic rings. The lowest BCUT2D eigenvalue weighted by atomic mass is 9.47. The number of ketones is 1. The van der Waals surface area contributed by atoms with Crippen LogP contribution in [0.15, 0.2) is 18.2 Å². The lowest BCUT2D eigenvalue weighted by Gasteiger charge is -2.64. The minimum atomic E-state index is -0.881. The summed E-state index contributed by atoms with van der Waals surface area (Å²) >= 11 is 0. The first-order valence-corrected chi connectivity index (χ1v) is 11.1. The molecule has 0 spiro atoms. The molecule has 28 heavy (non-hydrogen) atoms. The summed E-state index contributed by atoms with van der Waals surface area (Å²) in [5, 5.41) is 22.5. The van der Waals surface area contributed by atoms with E-state index in [1.54, 1.807) is 6.07 Å². The van der Waals surface area contributed by atoms with E-state index in [1.165, 1.54) is 18.4 Å². The number of carbonyl (C=O) groups excluding carboxylic acids is 1. The highest BCUT2D eigenvalue weighted by molar-refractivity contribution is 5.85. The Hall–Kier alpha value is -1.39. The lowest BCUT2D eigenvalue weighted by Crippen LogP contribution is -2.74. The second-order valence-corrected chi connectivity index (χ2v) is 10.4. The van der Waals surface area contributed by atoms with Crippen LogP contribution in [0.1, 0.15) is 63.5 Å². The molecule has 4 heteroatoms. The molecule has 1 saturated heterocycles. The summed E-state index contributed by atoms with van der Waals surface area (Å²) < 4.78 is 0. The minimum absolute atomic E-state index is 0.0413. The number of carbonyl (C=O) groups is 1. The van der Waals surface area contributed by atoms with Crippen LogP contribution >= 0.6 is 0 Å². The van der Waals surface area contributed by atoms with E-state index in [4.69, 9.17) is 0 Å². The Kier molecular flexibility index (Phi) is 4.19. The zero-order valence-electron chi connectivity index (χ0n) is 17.2. The van der Waals surface area contributed by atoms with Gasteiger partial charge < -0.3 is 10.2 Å². The number of fused-ring (bicyclic) bond motifs is 1. The van der Waals surface area contributed by atoms with Crippen molar-refractivity contribution in [2.45, 2.75) is 75.9 Å². The van der Waals surface area contributed by atoms with Crippen molar-refractivity contribution in [2.75, 3.05) is 13.1 Å². The van der Waals surface area contributed by atoms with Gasteiger partial charge in [-0.05, 0) is 80.2 Å². The number of phenols is 1. The van der Waals surface area contributed by atoms with Crippen molar-refractivity contribution in [3.05, 3.63) is 29.3 Å². The van der Waals surface area contributed by atoms with Crippen LogP contribution in [0.4, 0.5) is 0 Å². The molecule has 1 aliphatic heterocycles. The summed E-state index contributed by atoms with van der Waals surface area (Å²) in [6.07, 6.45) is 6.11. The van der Waals surface area contributed by atoms with Gasteiger partial charge in [0.25, 0.3) is 0 Å². The molecule has 152 valence electrons. The topological polar surface area (TPSA) is 60.8 Å². The number of Topliss-reactive ketones (excluding diaryl/α,β-unsaturated/α-hetero) is 1. The van der Waals surface area contributed by atoms with Gasteiger partial charge in [-0.25, -0.2) is 0 Å². The highest BCUT2D eigenvalue weighted by Gasteiger charge is 2.66. The van der Waals surface area contributed by atoms with Gasteiger partial charge in [0.1, 0.15) is 11.5 Å². The van der Waals surface area contributed by atoms with Crippen molar-refractivity contribution < 1.29 is 15.0 Å². The average Bonchev–Trinajstić information content (AvgIpc) is 3.43. The molecule has 2 N–H and O–H groups in total. The second kappa shape index (κ2) is 6.30. The van der Waals surface area contributed by atoms with E-state index in [2.05, 4.69) is 18.7 Å². The van der Waals surface area contributed by atoms with Crippen LogP contribution in [-0.4, -0.2) is 45.6 Å². The van der Waals surface area contributed by atoms with E-state index in [-0.39, 0.29) is 17.7 Å². The molecule has 1 heterocycles. The Morgan fingerprint density at radius 1 is 1.29 bits per heavy atom. The van der Waals surface area contributed by atoms with Gasteiger partial charge >= 0.3 is 0 Å². The number of phenolic OH excluding ortho intramolecular Hbond substituents is 1. The maximum Gasteiger partial charge on any atom is 0.137 e. The second-order valence-electron chi connectivity index (χ2n) is 10.4. The number of piperidine rings is 1. The monoisotopic (exact) mass is 383 g/mol. The molecule has 0 amide bonds. The highest BCUT2D eigenvalue weighted by atomic mass is 16.3. The molecule has 0 aromatic heterocycles. The third-order valence-electron chi connectivity index (χ3n) is 8.10. The fourth-order valence-electron chi connectivity index (χ4n) is 6.62. The fourth-order valence-corrected chi connectivity index (χ4v) is 6.62. The summed E-state index contributed by atoms with van der Waals surface area (Å²) in [5.41, 5.74) is 0.833. The zero-order valence-corrected chi connectivity index (χ0v) is 17.2. The van der Waals surface area contributed by atoms with E-state index >= 15 is 0 Å². The van der Waals surface area contributed by atoms with E-state index in [0.717, 1.165) is 43.8 Å². The molecule has 2 saturated carbocycles. The van der Waals surface area contributed by atoms with Crippen LogP contribution in [0, 0.1) is 17.8 Å². The zero-order chi connectivity index (χ0) is 19.7. The number of rotatable bonds is 4. The molecule has 4 nitrogen and oxygen atoms in total. The quantitative estimate of drug-likeness (QED) is 0.836. The minimum Gasteiger partial charge on any atom is -0.508 e. The van der Waals surface area contributed by atoms with Crippen molar-refractivity contribution in [2.24, 2.45) is 17.8 Å². The number of benzene rings is 1. The van der Waals surface area contributed by atoms with Crippen molar-refractivity contribution in [1.29, 1.82) is 0 Å². The Labute approximate surface area is 167 Å². The summed E-state index contributed by atoms with van der Waals surface area (Å²) in [6, 6.07) is 5.70. The summed E-state index contributed by atoms with van der Waals surface area (Å²) in [5.74, 6) is 1.75. The molecule has 0 unspecified atom stereocenters. The van der Waals surface area contributed by atoms with Crippen LogP contribution in [-0.2, 0) is 16.6 Å². The Balaban J connectivity index is 1.60. The first-order chi connectivity index (χ1) is 13.3. The van der Waals surface area contributed by atoms with Crippen LogP contribution in [0.25, 0.3) is 0 Å². The van der Waals surface area contributed by atoms with Gasteiger partial charge in [0.2, 0.25) is 0 Å². The molecule has 5 rings (SSSR count). The number of aliphatic hydroxyl groups is 1. The summed E-state index contributed by atoms with van der Waals surface area (Å²) in [6.45, 7) is 6.35. The molecular formula is C24H33NO3. The van der Waals surface area contributed by atoms with Crippen LogP contribution in [0.5, 0.6) is 5.75 Å². The maximum atomic E-state index is 13.2. The molecule has 4 aliphatic rings. The van der Waals surface area contributed by atoms with Gasteiger partial charge in [0.05, 0.1) is 5.60 Å². The lowest BCUT2D eigenvalue weighted by molar-refractivity contribution is -0.182. The van der Waals surface area contributed by atoms with Crippen molar-refractivity contribution in [3.63, 3.8) is 0 Å². The number of likely N-dealkylation sites (tertiary alicyclic amines) is 1. The SMILES string of the molecule is CC(C)C[C@H]1C[C@@]2(O)[C@H]3Cc4ccc(O)cc4[C@@]2(CCN3CC2CC2)CC1=O. The number of hydrogen-bond donors (Lipinski definition) is 2. The third kappa shape index (κ3) is 2.68. The maximum absolute atomic E-state index is 13.2. The van der Waals surface area contributed by atoms with Crippen LogP contribution < -0.4 is 0 Å². The van der Waals surface area contributed by atoms with Gasteiger partial charge in [0.15, 0.2) is 0 Å². The van der Waals surface area contributed by atoms with E-state index in [0.29, 0.717) is 24.5 Å². The van der Waals surface area contributed by atoms with Crippen molar-refractivity contribution in [1.82, 2.24) is 4.90 Å². The number of nitrogens with zero attached hydrogens (tertiary/aromatic N) is 1. The van der Waals surface area contributed by atoms with Gasteiger partial charge in [0, 0.05) is 30.3 Å². The number of aromatic hydroxyl groups is 1. The summed E-state index contributed by atoms with van der Waals surface area (Å²) in [4.78, 5) is 15.7. The van der Waals surface area contributed by atoms with Crippen molar-refractivity contribution >= 4 is 5.78 Å². The normalized spacial score (nSPS) is 37.6. The standard InChI is InChI=1S/C24H33NO3/c1-15(2)9-18-12-24(28)22-10-17-5-6-19(26)11-20(17)23(24,13-21(18)27)7-8-25(22)14-16-3-4-16/h5-6,11,15-16,18,22,26,28H,3-4,7-10,12-14H2,1-2H3/t18-,22+,23+,24+/m0/s1. The van der Waals surface area contributed by atoms with Gasteiger partial charge in [-0.2, -0.15) is 0 Å². The van der Waals surface area contributed by atoms with Crippen molar-refractivity contribution in [3.8, 4) is 5.75 Å². The van der Waals surface area contributed by atoms with Crippen LogP contribution in [0.3, 0.4) is 0 Å². The van der Waals surface area contributed by atoms with Gasteiger partial charge in [-0.15, -0.1) is 0 Å². The molecule has 3 aliphatic carbocycles. The van der Waals surface area contributed by atoms with Gasteiger partial charge in [-0.1, -0.05) is 19.9 Å². The Bertz CT molecular complexity index is 801. The highest BCUT2D eigenvalue weighted by Crippen LogP contribution is 2.59. The summed E-state index contributed by atoms with van der Waals surface area (Å²) in [7, 11) is 0. The third-order valence-corrected chi connectivity index (χ3v) is 8.10. The molecule has 1 aromatic carbocycles. The van der Waals surface area contributed by atoms with Crippen LogP contribution in [0.2, 0.25) is 0 Å².